The predicted molar refractivity (Wildman–Crippen MR) is 93.9 cm³/mol. The van der Waals surface area contributed by atoms with Gasteiger partial charge in [-0.25, -0.2) is 0 Å². The van der Waals surface area contributed by atoms with Crippen molar-refractivity contribution in [2.75, 3.05) is 13.1 Å². The molecule has 4 rings (SSSR count). The summed E-state index contributed by atoms with van der Waals surface area (Å²) in [7, 11) is 0. The lowest BCUT2D eigenvalue weighted by atomic mass is 9.77. The van der Waals surface area contributed by atoms with Crippen LogP contribution in [0.5, 0.6) is 0 Å². The van der Waals surface area contributed by atoms with Crippen molar-refractivity contribution in [1.29, 1.82) is 0 Å². The van der Waals surface area contributed by atoms with Crippen LogP contribution < -0.4 is 5.32 Å². The molecule has 3 heterocycles. The Morgan fingerprint density at radius 3 is 3.00 bits per heavy atom. The number of benzene rings is 1. The van der Waals surface area contributed by atoms with Gasteiger partial charge in [0, 0.05) is 18.1 Å². The summed E-state index contributed by atoms with van der Waals surface area (Å²) in [5.41, 5.74) is 0.233. The van der Waals surface area contributed by atoms with E-state index in [1.807, 2.05) is 43.3 Å². The monoisotopic (exact) mass is 360 g/mol. The molecule has 2 bridgehead atoms. The van der Waals surface area contributed by atoms with Crippen molar-refractivity contribution in [2.24, 2.45) is 11.8 Å². The maximum Gasteiger partial charge on any atom is 0.230 e. The summed E-state index contributed by atoms with van der Waals surface area (Å²) >= 11 is 6.24. The van der Waals surface area contributed by atoms with Crippen molar-refractivity contribution < 1.29 is 14.3 Å². The Morgan fingerprint density at radius 1 is 1.44 bits per heavy atom. The average molecular weight is 361 g/mol. The summed E-state index contributed by atoms with van der Waals surface area (Å²) < 4.78 is 6.10. The summed E-state index contributed by atoms with van der Waals surface area (Å²) in [5, 5.41) is 3.56. The van der Waals surface area contributed by atoms with Gasteiger partial charge in [-0.1, -0.05) is 48.9 Å². The molecule has 4 atom stereocenters. The summed E-state index contributed by atoms with van der Waals surface area (Å²) in [6.45, 7) is 3.52. The molecule has 2 fully saturated rings. The van der Waals surface area contributed by atoms with Crippen molar-refractivity contribution in [3.63, 3.8) is 0 Å². The molecule has 132 valence electrons. The van der Waals surface area contributed by atoms with Crippen LogP contribution in [0.3, 0.4) is 0 Å². The van der Waals surface area contributed by atoms with Gasteiger partial charge in [-0.15, -0.1) is 0 Å². The highest BCUT2D eigenvalue weighted by atomic mass is 35.5. The van der Waals surface area contributed by atoms with Gasteiger partial charge in [-0.2, -0.15) is 0 Å². The lowest BCUT2D eigenvalue weighted by molar-refractivity contribution is -0.137. The third kappa shape index (κ3) is 2.57. The lowest BCUT2D eigenvalue weighted by Gasteiger charge is -2.23. The summed E-state index contributed by atoms with van der Waals surface area (Å²) in [6.07, 6.45) is 4.46. The maximum atomic E-state index is 13.1. The second kappa shape index (κ2) is 6.15. The smallest absolute Gasteiger partial charge is 0.230 e. The molecule has 0 aromatic heterocycles. The highest BCUT2D eigenvalue weighted by Gasteiger charge is 2.66. The number of ether oxygens (including phenoxy) is 1. The molecule has 3 aliphatic heterocycles. The first-order valence-corrected chi connectivity index (χ1v) is 9.10. The molecule has 25 heavy (non-hydrogen) atoms. The highest BCUT2D eigenvalue weighted by molar-refractivity contribution is 6.31. The Morgan fingerprint density at radius 2 is 2.24 bits per heavy atom. The van der Waals surface area contributed by atoms with Gasteiger partial charge >= 0.3 is 0 Å². The minimum absolute atomic E-state index is 0.0246. The predicted octanol–water partition coefficient (Wildman–Crippen LogP) is 2.15. The molecule has 6 heteroatoms. The SMILES string of the molecule is CCCNC(=O)[C@@H]1[C@@H]2C=C[C@@]3(CN(Cc4ccccc4Cl)C(=O)[C@H]13)O2. The zero-order chi connectivity index (χ0) is 17.6. The van der Waals surface area contributed by atoms with E-state index in [1.165, 1.54) is 0 Å². The summed E-state index contributed by atoms with van der Waals surface area (Å²) in [6, 6.07) is 7.51. The van der Waals surface area contributed by atoms with E-state index in [0.717, 1.165) is 12.0 Å². The van der Waals surface area contributed by atoms with Crippen LogP contribution in [-0.4, -0.2) is 41.5 Å². The van der Waals surface area contributed by atoms with Crippen LogP contribution in [0.1, 0.15) is 18.9 Å². The number of fused-ring (bicyclic) bond motifs is 1. The van der Waals surface area contributed by atoms with Gasteiger partial charge < -0.3 is 15.0 Å². The number of amides is 2. The number of likely N-dealkylation sites (tertiary alicyclic amines) is 1. The number of rotatable bonds is 5. The molecule has 2 saturated heterocycles. The Kier molecular flexibility index (Phi) is 4.08. The molecule has 0 saturated carbocycles. The second-order valence-corrected chi connectivity index (χ2v) is 7.38. The van der Waals surface area contributed by atoms with E-state index in [9.17, 15) is 9.59 Å². The maximum absolute atomic E-state index is 13.1. The molecule has 5 nitrogen and oxygen atoms in total. The van der Waals surface area contributed by atoms with E-state index in [-0.39, 0.29) is 17.9 Å². The van der Waals surface area contributed by atoms with Crippen molar-refractivity contribution in [3.8, 4) is 0 Å². The third-order valence-electron chi connectivity index (χ3n) is 5.35. The number of carbonyl (C=O) groups excluding carboxylic acids is 2. The molecule has 0 unspecified atom stereocenters. The van der Waals surface area contributed by atoms with Crippen LogP contribution in [0.4, 0.5) is 0 Å². The Balaban J connectivity index is 1.57. The molecule has 1 spiro atoms. The average Bonchev–Trinajstić information content (AvgIpc) is 3.23. The fraction of sp³-hybridized carbons (Fsp3) is 0.474. The first-order valence-electron chi connectivity index (χ1n) is 8.73. The fourth-order valence-electron chi connectivity index (χ4n) is 4.21. The number of halogens is 1. The number of hydrogen-bond acceptors (Lipinski definition) is 3. The highest BCUT2D eigenvalue weighted by Crippen LogP contribution is 2.52. The minimum atomic E-state index is -0.669. The van der Waals surface area contributed by atoms with Gasteiger partial charge in [0.2, 0.25) is 11.8 Å². The number of carbonyl (C=O) groups is 2. The van der Waals surface area contributed by atoms with E-state index >= 15 is 0 Å². The largest absolute Gasteiger partial charge is 0.360 e. The van der Waals surface area contributed by atoms with E-state index in [4.69, 9.17) is 16.3 Å². The third-order valence-corrected chi connectivity index (χ3v) is 5.72. The van der Waals surface area contributed by atoms with Gasteiger partial charge in [0.05, 0.1) is 24.5 Å². The Labute approximate surface area is 152 Å². The number of nitrogens with zero attached hydrogens (tertiary/aromatic N) is 1. The van der Waals surface area contributed by atoms with E-state index in [0.29, 0.717) is 24.7 Å². The topological polar surface area (TPSA) is 58.6 Å². The standard InChI is InChI=1S/C19H21ClN2O3/c1-2-9-21-17(23)15-14-7-8-19(25-14)11-22(18(24)16(15)19)10-12-5-3-4-6-13(12)20/h3-8,14-16H,2,9-11H2,1H3,(H,21,23)/t14-,15+,16-,19-/m0/s1. The van der Waals surface area contributed by atoms with Crippen LogP contribution in [0.25, 0.3) is 0 Å². The zero-order valence-electron chi connectivity index (χ0n) is 14.1. The molecule has 0 aliphatic carbocycles. The summed E-state index contributed by atoms with van der Waals surface area (Å²) in [4.78, 5) is 27.4. The second-order valence-electron chi connectivity index (χ2n) is 6.98. The van der Waals surface area contributed by atoms with Crippen molar-refractivity contribution >= 4 is 23.4 Å². The number of nitrogens with one attached hydrogen (secondary N) is 1. The quantitative estimate of drug-likeness (QED) is 0.818. The van der Waals surface area contributed by atoms with Crippen molar-refractivity contribution in [1.82, 2.24) is 10.2 Å². The summed E-state index contributed by atoms with van der Waals surface area (Å²) in [5.74, 6) is -0.999. The van der Waals surface area contributed by atoms with Crippen molar-refractivity contribution in [3.05, 3.63) is 47.0 Å². The van der Waals surface area contributed by atoms with Crippen LogP contribution in [-0.2, 0) is 20.9 Å². The molecular weight excluding hydrogens is 340 g/mol. The Bertz CT molecular complexity index is 750. The Hall–Kier alpha value is -1.85. The van der Waals surface area contributed by atoms with Crippen LogP contribution in [0.2, 0.25) is 5.02 Å². The minimum Gasteiger partial charge on any atom is -0.360 e. The normalized spacial score (nSPS) is 32.3. The molecule has 1 aromatic rings. The lowest BCUT2D eigenvalue weighted by Crippen LogP contribution is -2.44. The van der Waals surface area contributed by atoms with Crippen LogP contribution in [0.15, 0.2) is 36.4 Å². The van der Waals surface area contributed by atoms with E-state index in [1.54, 1.807) is 4.90 Å². The molecule has 1 aromatic carbocycles. The molecule has 2 amide bonds. The van der Waals surface area contributed by atoms with Crippen LogP contribution >= 0.6 is 11.6 Å². The van der Waals surface area contributed by atoms with E-state index < -0.39 is 17.4 Å². The van der Waals surface area contributed by atoms with Gasteiger partial charge in [-0.05, 0) is 18.1 Å². The van der Waals surface area contributed by atoms with Gasteiger partial charge in [0.1, 0.15) is 5.60 Å². The molecular formula is C19H21ClN2O3. The van der Waals surface area contributed by atoms with Gasteiger partial charge in [0.15, 0.2) is 0 Å². The zero-order valence-corrected chi connectivity index (χ0v) is 14.8. The molecule has 0 radical (unpaired) electrons. The van der Waals surface area contributed by atoms with Gasteiger partial charge in [-0.3, -0.25) is 9.59 Å². The van der Waals surface area contributed by atoms with Crippen molar-refractivity contribution in [2.45, 2.75) is 31.6 Å². The number of hydrogen-bond donors (Lipinski definition) is 1. The fourth-order valence-corrected chi connectivity index (χ4v) is 4.41. The van der Waals surface area contributed by atoms with Gasteiger partial charge in [0.25, 0.3) is 0 Å². The first-order chi connectivity index (χ1) is 12.1. The first kappa shape index (κ1) is 16.6. The van der Waals surface area contributed by atoms with Crippen LogP contribution in [0, 0.1) is 11.8 Å². The molecule has 3 aliphatic rings. The molecule has 1 N–H and O–H groups in total. The van der Waals surface area contributed by atoms with E-state index in [2.05, 4.69) is 5.32 Å².